The predicted molar refractivity (Wildman–Crippen MR) is 232 cm³/mol. The second-order valence-electron chi connectivity index (χ2n) is 15.0. The third kappa shape index (κ3) is 9.46. The number of aryl methyl sites for hydroxylation is 1. The lowest BCUT2D eigenvalue weighted by molar-refractivity contribution is -0.145. The van der Waals surface area contributed by atoms with Crippen LogP contribution in [0.4, 0.5) is 0 Å². The van der Waals surface area contributed by atoms with Gasteiger partial charge in [-0.25, -0.2) is 4.79 Å². The third-order valence-electron chi connectivity index (χ3n) is 10.9. The maximum absolute atomic E-state index is 14.3. The molecule has 316 valence electrons. The molecule has 3 atom stereocenters. The van der Waals surface area contributed by atoms with Crippen molar-refractivity contribution in [1.82, 2.24) is 20.2 Å². The molecule has 0 saturated heterocycles. The Labute approximate surface area is 368 Å². The van der Waals surface area contributed by atoms with Gasteiger partial charge in [-0.15, -0.1) is 0 Å². The number of benzene rings is 4. The van der Waals surface area contributed by atoms with Crippen molar-refractivity contribution in [3.8, 4) is 28.7 Å². The van der Waals surface area contributed by atoms with Gasteiger partial charge in [0, 0.05) is 43.0 Å². The number of pyridine rings is 2. The number of nitrogens with zero attached hydrogens (tertiary/aromatic N) is 3. The molecule has 0 unspecified atom stereocenters. The van der Waals surface area contributed by atoms with Gasteiger partial charge in [-0.05, 0) is 108 Å². The Bertz CT molecular complexity index is 2610. The minimum atomic E-state index is -1.04. The van der Waals surface area contributed by atoms with Gasteiger partial charge in [0.1, 0.15) is 48.2 Å². The molecular weight excluding hydrogens is 831 g/mol. The smallest absolute Gasteiger partial charge is 0.328 e. The monoisotopic (exact) mass is 872 g/mol. The fourth-order valence-electron chi connectivity index (χ4n) is 7.36. The van der Waals surface area contributed by atoms with E-state index in [1.807, 2.05) is 68.4 Å². The summed E-state index contributed by atoms with van der Waals surface area (Å²) in [7, 11) is 1.27. The standard InChI is InChI=1S/C48H42Cl2N4O8/c1-28-29(2)51-19-17-42(28)61-36-12-7-30(8-13-36)21-40(48(57)58-3)53-46(55)41-22-33-23-43-44(24-34(33)25-54(41)47(56)39-6-4-5-18-52-39)62-45(27-60-43)32-10-14-35(15-11-32)59-26-31-9-16-37(49)38(50)20-31/h4-20,23-24,40-41,45H,21-22,25-27H2,1-3H3,(H,53,55)/t40-,41-,45+/m0/s1. The number of ether oxygens (including phenoxy) is 5. The van der Waals surface area contributed by atoms with Crippen LogP contribution in [0.15, 0.2) is 116 Å². The number of nitrogens with one attached hydrogen (secondary N) is 1. The van der Waals surface area contributed by atoms with Gasteiger partial charge in [0.25, 0.3) is 5.91 Å². The van der Waals surface area contributed by atoms with Crippen LogP contribution in [0.5, 0.6) is 28.7 Å². The largest absolute Gasteiger partial charge is 0.489 e. The van der Waals surface area contributed by atoms with E-state index in [4.69, 9.17) is 46.9 Å². The zero-order chi connectivity index (χ0) is 43.3. The summed E-state index contributed by atoms with van der Waals surface area (Å²) in [6, 6.07) is 28.7. The average Bonchev–Trinajstić information content (AvgIpc) is 3.29. The number of carbonyl (C=O) groups excluding carboxylic acids is 3. The quantitative estimate of drug-likeness (QED) is 0.119. The lowest BCUT2D eigenvalue weighted by atomic mass is 9.91. The first kappa shape index (κ1) is 42.1. The highest BCUT2D eigenvalue weighted by Crippen LogP contribution is 2.41. The second-order valence-corrected chi connectivity index (χ2v) is 15.8. The lowest BCUT2D eigenvalue weighted by Gasteiger charge is -2.37. The maximum atomic E-state index is 14.3. The van der Waals surface area contributed by atoms with Gasteiger partial charge in [-0.2, -0.15) is 0 Å². The van der Waals surface area contributed by atoms with Crippen LogP contribution in [-0.2, 0) is 40.3 Å². The number of carbonyl (C=O) groups is 3. The molecule has 0 fully saturated rings. The summed E-state index contributed by atoms with van der Waals surface area (Å²) in [5.41, 5.74) is 6.12. The molecule has 4 aromatic carbocycles. The summed E-state index contributed by atoms with van der Waals surface area (Å²) in [6.45, 7) is 4.51. The van der Waals surface area contributed by atoms with E-state index in [1.54, 1.807) is 54.7 Å². The molecule has 0 saturated carbocycles. The number of hydrogen-bond acceptors (Lipinski definition) is 10. The number of esters is 1. The Hall–Kier alpha value is -6.63. The third-order valence-corrected chi connectivity index (χ3v) is 11.7. The lowest BCUT2D eigenvalue weighted by Crippen LogP contribution is -2.56. The van der Waals surface area contributed by atoms with Gasteiger partial charge in [-0.1, -0.05) is 59.6 Å². The van der Waals surface area contributed by atoms with Crippen molar-refractivity contribution in [1.29, 1.82) is 0 Å². The maximum Gasteiger partial charge on any atom is 0.328 e. The summed E-state index contributed by atoms with van der Waals surface area (Å²) in [5.74, 6) is 1.44. The first-order valence-corrected chi connectivity index (χ1v) is 20.7. The van der Waals surface area contributed by atoms with E-state index >= 15 is 0 Å². The normalized spacial score (nSPS) is 15.8. The van der Waals surface area contributed by atoms with Crippen LogP contribution in [-0.4, -0.2) is 58.5 Å². The zero-order valence-electron chi connectivity index (χ0n) is 34.1. The van der Waals surface area contributed by atoms with Crippen molar-refractivity contribution < 1.29 is 38.1 Å². The van der Waals surface area contributed by atoms with E-state index in [2.05, 4.69) is 15.3 Å². The van der Waals surface area contributed by atoms with Gasteiger partial charge < -0.3 is 33.9 Å². The summed E-state index contributed by atoms with van der Waals surface area (Å²) in [4.78, 5) is 51.6. The Kier molecular flexibility index (Phi) is 12.6. The minimum absolute atomic E-state index is 0.0792. The van der Waals surface area contributed by atoms with Crippen molar-refractivity contribution in [3.63, 3.8) is 0 Å². The fourth-order valence-corrected chi connectivity index (χ4v) is 7.68. The molecule has 8 rings (SSSR count). The Morgan fingerprint density at radius 3 is 2.34 bits per heavy atom. The van der Waals surface area contributed by atoms with Crippen LogP contribution in [0.2, 0.25) is 10.0 Å². The van der Waals surface area contributed by atoms with E-state index in [1.165, 1.54) is 18.2 Å². The molecule has 4 heterocycles. The van der Waals surface area contributed by atoms with Gasteiger partial charge >= 0.3 is 5.97 Å². The van der Waals surface area contributed by atoms with E-state index in [9.17, 15) is 14.4 Å². The topological polar surface area (TPSA) is 138 Å². The molecule has 12 nitrogen and oxygen atoms in total. The van der Waals surface area contributed by atoms with Crippen LogP contribution in [0.25, 0.3) is 0 Å². The summed E-state index contributed by atoms with van der Waals surface area (Å²) in [6.07, 6.45) is 3.10. The van der Waals surface area contributed by atoms with Crippen LogP contribution in [0.3, 0.4) is 0 Å². The SMILES string of the molecule is COC(=O)[C@H](Cc1ccc(Oc2ccnc(C)c2C)cc1)NC(=O)[C@@H]1Cc2cc3c(cc2CN1C(=O)c1ccccn1)O[C@@H](c1ccc(OCc2ccc(Cl)c(Cl)c2)cc1)CO3. The average molecular weight is 874 g/mol. The van der Waals surface area contributed by atoms with Gasteiger partial charge in [0.05, 0.1) is 17.2 Å². The second kappa shape index (κ2) is 18.6. The Morgan fingerprint density at radius 1 is 0.839 bits per heavy atom. The molecule has 2 aliphatic heterocycles. The van der Waals surface area contributed by atoms with Crippen LogP contribution >= 0.6 is 23.2 Å². The molecule has 2 aromatic heterocycles. The van der Waals surface area contributed by atoms with E-state index in [0.29, 0.717) is 45.4 Å². The molecular formula is C48H42Cl2N4O8. The number of halogens is 2. The molecule has 14 heteroatoms. The number of methoxy groups -OCH3 is 1. The zero-order valence-corrected chi connectivity index (χ0v) is 35.6. The minimum Gasteiger partial charge on any atom is -0.489 e. The number of hydrogen-bond donors (Lipinski definition) is 1. The van der Waals surface area contributed by atoms with Crippen molar-refractivity contribution in [2.45, 2.75) is 58.0 Å². The molecule has 62 heavy (non-hydrogen) atoms. The number of rotatable bonds is 12. The molecule has 0 spiro atoms. The Balaban J connectivity index is 0.976. The molecule has 1 N–H and O–H groups in total. The number of amides is 2. The Morgan fingerprint density at radius 2 is 1.60 bits per heavy atom. The van der Waals surface area contributed by atoms with Gasteiger partial charge in [0.15, 0.2) is 17.6 Å². The van der Waals surface area contributed by atoms with E-state index < -0.39 is 36.0 Å². The van der Waals surface area contributed by atoms with Crippen molar-refractivity contribution in [2.75, 3.05) is 13.7 Å². The highest BCUT2D eigenvalue weighted by Gasteiger charge is 2.39. The molecule has 2 amide bonds. The van der Waals surface area contributed by atoms with E-state index in [-0.39, 0.29) is 31.7 Å². The summed E-state index contributed by atoms with van der Waals surface area (Å²) >= 11 is 12.2. The van der Waals surface area contributed by atoms with Gasteiger partial charge in [-0.3, -0.25) is 19.6 Å². The van der Waals surface area contributed by atoms with Crippen LogP contribution < -0.4 is 24.3 Å². The first-order chi connectivity index (χ1) is 30.0. The molecule has 6 aromatic rings. The summed E-state index contributed by atoms with van der Waals surface area (Å²) in [5, 5.41) is 3.84. The highest BCUT2D eigenvalue weighted by atomic mass is 35.5. The van der Waals surface area contributed by atoms with Crippen molar-refractivity contribution in [3.05, 3.63) is 170 Å². The van der Waals surface area contributed by atoms with Crippen molar-refractivity contribution in [2.24, 2.45) is 0 Å². The van der Waals surface area contributed by atoms with Crippen molar-refractivity contribution >= 4 is 41.0 Å². The molecule has 2 aliphatic rings. The molecule has 0 aliphatic carbocycles. The van der Waals surface area contributed by atoms with E-state index in [0.717, 1.165) is 39.1 Å². The molecule has 0 radical (unpaired) electrons. The van der Waals surface area contributed by atoms with Gasteiger partial charge in [0.2, 0.25) is 5.91 Å². The highest BCUT2D eigenvalue weighted by molar-refractivity contribution is 6.42. The van der Waals surface area contributed by atoms with Crippen LogP contribution in [0.1, 0.15) is 55.7 Å². The van der Waals surface area contributed by atoms with Crippen LogP contribution in [0, 0.1) is 13.8 Å². The fraction of sp³-hybridized carbons (Fsp3) is 0.229. The number of fused-ring (bicyclic) bond motifs is 2. The molecule has 0 bridgehead atoms. The first-order valence-electron chi connectivity index (χ1n) is 19.9. The number of aromatic nitrogens is 2. The predicted octanol–water partition coefficient (Wildman–Crippen LogP) is 8.75. The summed E-state index contributed by atoms with van der Waals surface area (Å²) < 4.78 is 29.9.